The predicted octanol–water partition coefficient (Wildman–Crippen LogP) is 2.87. The van der Waals surface area contributed by atoms with Gasteiger partial charge in [-0.3, -0.25) is 0 Å². The van der Waals surface area contributed by atoms with Gasteiger partial charge < -0.3 is 5.73 Å². The highest BCUT2D eigenvalue weighted by Crippen LogP contribution is 2.11. The topological polar surface area (TPSA) is 26.0 Å². The van der Waals surface area contributed by atoms with Gasteiger partial charge in [0.2, 0.25) is 0 Å². The molecule has 3 heteroatoms. The molecule has 68 valence electrons. The van der Waals surface area contributed by atoms with Crippen molar-refractivity contribution in [1.82, 2.24) is 0 Å². The van der Waals surface area contributed by atoms with Crippen LogP contribution in [0.3, 0.4) is 0 Å². The fraction of sp³-hybridized carbons (Fsp3) is 0.333. The van der Waals surface area contributed by atoms with Crippen molar-refractivity contribution in [3.8, 4) is 0 Å². The number of nitrogens with two attached hydrogens (primary N) is 1. The van der Waals surface area contributed by atoms with Crippen LogP contribution < -0.4 is 5.73 Å². The second kappa shape index (κ2) is 5.41. The Labute approximate surface area is 84.3 Å². The molecule has 0 unspecified atom stereocenters. The summed E-state index contributed by atoms with van der Waals surface area (Å²) in [5.41, 5.74) is 7.96. The molecular formula is C9H13Cl2N. The average molecular weight is 206 g/mol. The number of alkyl halides is 1. The first-order valence-corrected chi connectivity index (χ1v) is 4.18. The summed E-state index contributed by atoms with van der Waals surface area (Å²) in [6.45, 7) is 1.97. The Morgan fingerprint density at radius 3 is 2.17 bits per heavy atom. The number of hydrogen-bond donors (Lipinski definition) is 1. The fourth-order valence-electron chi connectivity index (χ4n) is 0.910. The van der Waals surface area contributed by atoms with Crippen molar-refractivity contribution in [1.29, 1.82) is 0 Å². The van der Waals surface area contributed by atoms with Crippen LogP contribution in [-0.2, 0) is 5.88 Å². The Hall–Kier alpha value is -0.240. The van der Waals surface area contributed by atoms with Crippen LogP contribution in [0, 0.1) is 0 Å². The minimum atomic E-state index is 0. The van der Waals surface area contributed by atoms with Crippen LogP contribution in [0.1, 0.15) is 24.1 Å². The van der Waals surface area contributed by atoms with Gasteiger partial charge in [-0.25, -0.2) is 0 Å². The van der Waals surface area contributed by atoms with Gasteiger partial charge in [0.15, 0.2) is 0 Å². The third kappa shape index (κ3) is 3.02. The highest BCUT2D eigenvalue weighted by atomic mass is 35.5. The molecule has 0 amide bonds. The van der Waals surface area contributed by atoms with E-state index in [0.29, 0.717) is 5.88 Å². The van der Waals surface area contributed by atoms with Gasteiger partial charge in [0, 0.05) is 11.9 Å². The Balaban J connectivity index is 0.00000121. The molecule has 1 aromatic rings. The van der Waals surface area contributed by atoms with Gasteiger partial charge in [0.05, 0.1) is 0 Å². The fourth-order valence-corrected chi connectivity index (χ4v) is 1.09. The van der Waals surface area contributed by atoms with Gasteiger partial charge >= 0.3 is 0 Å². The Morgan fingerprint density at radius 2 is 1.83 bits per heavy atom. The van der Waals surface area contributed by atoms with Gasteiger partial charge in [-0.2, -0.15) is 0 Å². The average Bonchev–Trinajstić information content (AvgIpc) is 2.05. The monoisotopic (exact) mass is 205 g/mol. The third-order valence-corrected chi connectivity index (χ3v) is 1.97. The summed E-state index contributed by atoms with van der Waals surface area (Å²) >= 11 is 5.63. The van der Waals surface area contributed by atoms with Crippen molar-refractivity contribution in [2.45, 2.75) is 18.8 Å². The van der Waals surface area contributed by atoms with Gasteiger partial charge in [-0.1, -0.05) is 24.3 Å². The van der Waals surface area contributed by atoms with Crippen molar-refractivity contribution >= 4 is 24.0 Å². The van der Waals surface area contributed by atoms with E-state index in [1.54, 1.807) is 0 Å². The highest BCUT2D eigenvalue weighted by Gasteiger charge is 1.97. The Kier molecular flexibility index (Phi) is 5.31. The molecule has 0 aromatic heterocycles. The van der Waals surface area contributed by atoms with E-state index in [-0.39, 0.29) is 18.4 Å². The molecule has 0 radical (unpaired) electrons. The van der Waals surface area contributed by atoms with E-state index in [1.165, 1.54) is 0 Å². The largest absolute Gasteiger partial charge is 0.324 e. The van der Waals surface area contributed by atoms with Crippen molar-refractivity contribution in [2.75, 3.05) is 0 Å². The van der Waals surface area contributed by atoms with Crippen LogP contribution in [-0.4, -0.2) is 0 Å². The highest BCUT2D eigenvalue weighted by molar-refractivity contribution is 6.17. The van der Waals surface area contributed by atoms with Crippen molar-refractivity contribution in [3.05, 3.63) is 35.4 Å². The van der Waals surface area contributed by atoms with E-state index in [1.807, 2.05) is 31.2 Å². The molecule has 1 atom stereocenters. The molecule has 0 saturated carbocycles. The van der Waals surface area contributed by atoms with Crippen LogP contribution in [0.5, 0.6) is 0 Å². The molecule has 0 fully saturated rings. The minimum Gasteiger partial charge on any atom is -0.324 e. The zero-order valence-corrected chi connectivity index (χ0v) is 8.53. The summed E-state index contributed by atoms with van der Waals surface area (Å²) in [6, 6.07) is 8.15. The Bertz CT molecular complexity index is 218. The van der Waals surface area contributed by atoms with Crippen LogP contribution in [0.15, 0.2) is 24.3 Å². The quantitative estimate of drug-likeness (QED) is 0.739. The first kappa shape index (κ1) is 11.8. The van der Waals surface area contributed by atoms with Gasteiger partial charge in [0.25, 0.3) is 0 Å². The molecule has 1 nitrogen and oxygen atoms in total. The summed E-state index contributed by atoms with van der Waals surface area (Å²) < 4.78 is 0. The van der Waals surface area contributed by atoms with Crippen LogP contribution in [0.2, 0.25) is 0 Å². The zero-order valence-electron chi connectivity index (χ0n) is 6.96. The van der Waals surface area contributed by atoms with E-state index in [0.717, 1.165) is 11.1 Å². The molecule has 0 aliphatic heterocycles. The van der Waals surface area contributed by atoms with Gasteiger partial charge in [-0.05, 0) is 18.1 Å². The number of hydrogen-bond acceptors (Lipinski definition) is 1. The molecule has 0 bridgehead atoms. The lowest BCUT2D eigenvalue weighted by Crippen LogP contribution is -2.04. The van der Waals surface area contributed by atoms with Crippen LogP contribution in [0.4, 0.5) is 0 Å². The van der Waals surface area contributed by atoms with E-state index >= 15 is 0 Å². The lowest BCUT2D eigenvalue weighted by Gasteiger charge is -2.04. The molecule has 0 aliphatic rings. The molecule has 1 aromatic carbocycles. The van der Waals surface area contributed by atoms with E-state index < -0.39 is 0 Å². The maximum atomic E-state index is 5.67. The second-order valence-electron chi connectivity index (χ2n) is 2.66. The summed E-state index contributed by atoms with van der Waals surface area (Å²) in [5, 5.41) is 0. The zero-order chi connectivity index (χ0) is 8.27. The summed E-state index contributed by atoms with van der Waals surface area (Å²) in [5.74, 6) is 0.569. The van der Waals surface area contributed by atoms with E-state index in [2.05, 4.69) is 0 Å². The third-order valence-electron chi connectivity index (χ3n) is 1.66. The summed E-state index contributed by atoms with van der Waals surface area (Å²) in [7, 11) is 0. The van der Waals surface area contributed by atoms with E-state index in [9.17, 15) is 0 Å². The van der Waals surface area contributed by atoms with E-state index in [4.69, 9.17) is 17.3 Å². The lowest BCUT2D eigenvalue weighted by atomic mass is 10.1. The van der Waals surface area contributed by atoms with Crippen molar-refractivity contribution in [2.24, 2.45) is 5.73 Å². The predicted molar refractivity (Wildman–Crippen MR) is 55.8 cm³/mol. The number of rotatable bonds is 2. The smallest absolute Gasteiger partial charge is 0.0474 e. The first-order valence-electron chi connectivity index (χ1n) is 3.64. The maximum Gasteiger partial charge on any atom is 0.0474 e. The van der Waals surface area contributed by atoms with Crippen LogP contribution in [0.25, 0.3) is 0 Å². The molecule has 2 N–H and O–H groups in total. The standard InChI is InChI=1S/C9H12ClN.ClH/c1-7(11)9-4-2-8(6-10)3-5-9;/h2-5,7H,6,11H2,1H3;1H/t7-;/m0./s1. The molecule has 0 heterocycles. The molecule has 0 saturated heterocycles. The lowest BCUT2D eigenvalue weighted by molar-refractivity contribution is 0.817. The minimum absolute atomic E-state index is 0. The normalized spacial score (nSPS) is 11.9. The van der Waals surface area contributed by atoms with Crippen LogP contribution >= 0.6 is 24.0 Å². The SMILES string of the molecule is C[C@H](N)c1ccc(CCl)cc1.Cl. The molecule has 1 rings (SSSR count). The molecule has 0 aliphatic carbocycles. The van der Waals surface area contributed by atoms with Gasteiger partial charge in [0.1, 0.15) is 0 Å². The summed E-state index contributed by atoms with van der Waals surface area (Å²) in [6.07, 6.45) is 0. The Morgan fingerprint density at radius 1 is 1.33 bits per heavy atom. The molecular weight excluding hydrogens is 193 g/mol. The maximum absolute atomic E-state index is 5.67. The number of benzene rings is 1. The first-order chi connectivity index (χ1) is 5.24. The molecule has 12 heavy (non-hydrogen) atoms. The van der Waals surface area contributed by atoms with Crippen molar-refractivity contribution in [3.63, 3.8) is 0 Å². The van der Waals surface area contributed by atoms with Crippen molar-refractivity contribution < 1.29 is 0 Å². The second-order valence-corrected chi connectivity index (χ2v) is 2.93. The summed E-state index contributed by atoms with van der Waals surface area (Å²) in [4.78, 5) is 0. The van der Waals surface area contributed by atoms with Gasteiger partial charge in [-0.15, -0.1) is 24.0 Å². The number of halogens is 2. The molecule has 0 spiro atoms.